The minimum atomic E-state index is -4.06. The van der Waals surface area contributed by atoms with E-state index in [-0.39, 0.29) is 22.2 Å². The van der Waals surface area contributed by atoms with E-state index in [1.54, 1.807) is 25.3 Å². The molecule has 0 saturated carbocycles. The average Bonchev–Trinajstić information content (AvgIpc) is 2.79. The third kappa shape index (κ3) is 4.86. The first-order valence-corrected chi connectivity index (χ1v) is 11.0. The summed E-state index contributed by atoms with van der Waals surface area (Å²) in [6.45, 7) is 1.83. The molecule has 3 aromatic rings. The lowest BCUT2D eigenvalue weighted by atomic mass is 10.1. The Morgan fingerprint density at radius 1 is 1.03 bits per heavy atom. The molecule has 6 nitrogen and oxygen atoms in total. The molecule has 8 heteroatoms. The maximum absolute atomic E-state index is 14.1. The molecule has 0 unspecified atom stereocenters. The Bertz CT molecular complexity index is 1180. The van der Waals surface area contributed by atoms with Gasteiger partial charge in [0, 0.05) is 12.6 Å². The number of hydrogen-bond acceptors (Lipinski definition) is 4. The average molecular weight is 443 g/mol. The Kier molecular flexibility index (Phi) is 6.60. The lowest BCUT2D eigenvalue weighted by Crippen LogP contribution is -2.29. The van der Waals surface area contributed by atoms with Gasteiger partial charge in [-0.25, -0.2) is 12.8 Å². The molecule has 3 aromatic carbocycles. The van der Waals surface area contributed by atoms with Crippen molar-refractivity contribution in [3.63, 3.8) is 0 Å². The Hall–Kier alpha value is -3.39. The van der Waals surface area contributed by atoms with Gasteiger partial charge in [0.25, 0.3) is 15.9 Å². The highest BCUT2D eigenvalue weighted by atomic mass is 32.2. The van der Waals surface area contributed by atoms with Crippen LogP contribution in [0.25, 0.3) is 0 Å². The van der Waals surface area contributed by atoms with Crippen LogP contribution in [-0.2, 0) is 10.0 Å². The number of benzene rings is 3. The molecular weight excluding hydrogens is 419 g/mol. The molecule has 0 spiro atoms. The maximum Gasteiger partial charge on any atom is 0.264 e. The number of ether oxygens (including phenoxy) is 1. The Labute approximate surface area is 181 Å². The number of nitrogens with zero attached hydrogens (tertiary/aromatic N) is 1. The van der Waals surface area contributed by atoms with Crippen molar-refractivity contribution in [1.82, 2.24) is 5.32 Å². The summed E-state index contributed by atoms with van der Waals surface area (Å²) in [4.78, 5) is 12.6. The van der Waals surface area contributed by atoms with Crippen LogP contribution < -0.4 is 14.4 Å². The van der Waals surface area contributed by atoms with Crippen LogP contribution in [0.4, 0.5) is 10.1 Å². The van der Waals surface area contributed by atoms with Crippen molar-refractivity contribution < 1.29 is 22.3 Å². The number of methoxy groups -OCH3 is 1. The molecule has 0 radical (unpaired) electrons. The number of carbonyl (C=O) groups excluding carboxylic acids is 1. The number of para-hydroxylation sites is 1. The highest BCUT2D eigenvalue weighted by Crippen LogP contribution is 2.25. The van der Waals surface area contributed by atoms with Gasteiger partial charge in [-0.2, -0.15) is 0 Å². The maximum atomic E-state index is 14.1. The number of carbonyl (C=O) groups is 1. The largest absolute Gasteiger partial charge is 0.497 e. The van der Waals surface area contributed by atoms with E-state index >= 15 is 0 Å². The SMILES string of the molecule is COc1ccc([C@H](C)NC(=O)c2cccc(S(=O)(=O)N(C)c3ccccc3F)c2)cc1. The van der Waals surface area contributed by atoms with Crippen LogP contribution in [0.1, 0.15) is 28.9 Å². The Balaban J connectivity index is 1.81. The summed E-state index contributed by atoms with van der Waals surface area (Å²) in [6, 6.07) is 18.2. The number of hydrogen-bond donors (Lipinski definition) is 1. The third-order valence-corrected chi connectivity index (χ3v) is 6.68. The van der Waals surface area contributed by atoms with E-state index in [0.29, 0.717) is 5.75 Å². The molecular formula is C23H23FN2O4S. The Morgan fingerprint density at radius 2 is 1.71 bits per heavy atom. The first-order chi connectivity index (χ1) is 14.7. The second-order valence-corrected chi connectivity index (χ2v) is 8.89. The number of sulfonamides is 1. The van der Waals surface area contributed by atoms with Crippen molar-refractivity contribution in [2.75, 3.05) is 18.5 Å². The number of halogens is 1. The molecule has 0 saturated heterocycles. The van der Waals surface area contributed by atoms with Crippen molar-refractivity contribution >= 4 is 21.6 Å². The van der Waals surface area contributed by atoms with Crippen molar-refractivity contribution in [2.24, 2.45) is 0 Å². The van der Waals surface area contributed by atoms with E-state index in [1.165, 1.54) is 49.5 Å². The fourth-order valence-electron chi connectivity index (χ4n) is 3.05. The van der Waals surface area contributed by atoms with Crippen LogP contribution in [0.2, 0.25) is 0 Å². The van der Waals surface area contributed by atoms with Crippen molar-refractivity contribution in [1.29, 1.82) is 0 Å². The summed E-state index contributed by atoms with van der Waals surface area (Å²) in [5, 5.41) is 2.85. The predicted molar refractivity (Wildman–Crippen MR) is 117 cm³/mol. The van der Waals surface area contributed by atoms with Gasteiger partial charge in [0.1, 0.15) is 11.6 Å². The van der Waals surface area contributed by atoms with Crippen LogP contribution >= 0.6 is 0 Å². The molecule has 1 amide bonds. The number of anilines is 1. The van der Waals surface area contributed by atoms with Crippen molar-refractivity contribution in [3.8, 4) is 5.75 Å². The molecule has 0 aromatic heterocycles. The lowest BCUT2D eigenvalue weighted by Gasteiger charge is -2.20. The zero-order valence-electron chi connectivity index (χ0n) is 17.4. The quantitative estimate of drug-likeness (QED) is 0.596. The van der Waals surface area contributed by atoms with E-state index in [4.69, 9.17) is 4.74 Å². The molecule has 1 N–H and O–H groups in total. The minimum Gasteiger partial charge on any atom is -0.497 e. The fraction of sp³-hybridized carbons (Fsp3) is 0.174. The smallest absolute Gasteiger partial charge is 0.264 e. The van der Waals surface area contributed by atoms with Crippen LogP contribution in [0.5, 0.6) is 5.75 Å². The number of nitrogens with one attached hydrogen (secondary N) is 1. The van der Waals surface area contributed by atoms with Crippen LogP contribution in [0.3, 0.4) is 0 Å². The minimum absolute atomic E-state index is 0.0783. The van der Waals surface area contributed by atoms with E-state index in [9.17, 15) is 17.6 Å². The summed E-state index contributed by atoms with van der Waals surface area (Å²) >= 11 is 0. The van der Waals surface area contributed by atoms with Gasteiger partial charge < -0.3 is 10.1 Å². The molecule has 162 valence electrons. The molecule has 0 fully saturated rings. The van der Waals surface area contributed by atoms with Crippen LogP contribution in [0.15, 0.2) is 77.7 Å². The zero-order chi connectivity index (χ0) is 22.6. The summed E-state index contributed by atoms with van der Waals surface area (Å²) < 4.78 is 46.0. The van der Waals surface area contributed by atoms with Gasteiger partial charge in [0.15, 0.2) is 0 Å². The van der Waals surface area contributed by atoms with Gasteiger partial charge in [-0.3, -0.25) is 9.10 Å². The first kappa shape index (κ1) is 22.3. The van der Waals surface area contributed by atoms with Gasteiger partial charge in [-0.15, -0.1) is 0 Å². The molecule has 1 atom stereocenters. The number of amides is 1. The topological polar surface area (TPSA) is 75.7 Å². The zero-order valence-corrected chi connectivity index (χ0v) is 18.2. The van der Waals surface area contributed by atoms with E-state index in [0.717, 1.165) is 9.87 Å². The highest BCUT2D eigenvalue weighted by molar-refractivity contribution is 7.92. The molecule has 0 bridgehead atoms. The molecule has 0 aliphatic rings. The second kappa shape index (κ2) is 9.18. The summed E-state index contributed by atoms with van der Waals surface area (Å²) in [5.41, 5.74) is 0.978. The van der Waals surface area contributed by atoms with Crippen molar-refractivity contribution in [2.45, 2.75) is 17.9 Å². The van der Waals surface area contributed by atoms with Crippen LogP contribution in [0, 0.1) is 5.82 Å². The lowest BCUT2D eigenvalue weighted by molar-refractivity contribution is 0.0939. The molecule has 0 heterocycles. The van der Waals surface area contributed by atoms with E-state index < -0.39 is 21.7 Å². The summed E-state index contributed by atoms with van der Waals surface area (Å²) in [5.74, 6) is -0.371. The first-order valence-electron chi connectivity index (χ1n) is 9.52. The summed E-state index contributed by atoms with van der Waals surface area (Å²) in [7, 11) is -1.22. The van der Waals surface area contributed by atoms with Gasteiger partial charge in [0.2, 0.25) is 0 Å². The molecule has 31 heavy (non-hydrogen) atoms. The monoisotopic (exact) mass is 442 g/mol. The highest BCUT2D eigenvalue weighted by Gasteiger charge is 2.24. The van der Waals surface area contributed by atoms with Crippen LogP contribution in [-0.4, -0.2) is 28.5 Å². The summed E-state index contributed by atoms with van der Waals surface area (Å²) in [6.07, 6.45) is 0. The molecule has 0 aliphatic heterocycles. The van der Waals surface area contributed by atoms with Gasteiger partial charge in [-0.1, -0.05) is 30.3 Å². The Morgan fingerprint density at radius 3 is 2.35 bits per heavy atom. The normalized spacial score (nSPS) is 12.1. The molecule has 0 aliphatic carbocycles. The van der Waals surface area contributed by atoms with Crippen molar-refractivity contribution in [3.05, 3.63) is 89.7 Å². The predicted octanol–water partition coefficient (Wildman–Crippen LogP) is 4.15. The van der Waals surface area contributed by atoms with E-state index in [1.807, 2.05) is 19.1 Å². The second-order valence-electron chi connectivity index (χ2n) is 6.92. The third-order valence-electron chi connectivity index (χ3n) is 4.91. The standard InChI is InChI=1S/C23H23FN2O4S/c1-16(17-11-13-19(30-3)14-12-17)25-23(27)18-7-6-8-20(15-18)31(28,29)26(2)22-10-5-4-9-21(22)24/h4-16H,1-3H3,(H,25,27)/t16-/m0/s1. The molecule has 3 rings (SSSR count). The van der Waals surface area contributed by atoms with Gasteiger partial charge in [-0.05, 0) is 55.0 Å². The fourth-order valence-corrected chi connectivity index (χ4v) is 4.30. The number of rotatable bonds is 7. The van der Waals surface area contributed by atoms with Gasteiger partial charge >= 0.3 is 0 Å². The van der Waals surface area contributed by atoms with E-state index in [2.05, 4.69) is 5.32 Å². The van der Waals surface area contributed by atoms with Gasteiger partial charge in [0.05, 0.1) is 23.7 Å².